The first-order valence-corrected chi connectivity index (χ1v) is 11.3. The maximum atomic E-state index is 12.9. The number of nitrogens with one attached hydrogen (secondary N) is 1. The Morgan fingerprint density at radius 2 is 1.74 bits per heavy atom. The average molecular weight is 483 g/mol. The third-order valence-electron chi connectivity index (χ3n) is 4.51. The van der Waals surface area contributed by atoms with Gasteiger partial charge in [-0.2, -0.15) is 0 Å². The Balaban J connectivity index is 2.38. The molecule has 0 radical (unpaired) electrons. The summed E-state index contributed by atoms with van der Waals surface area (Å²) in [5.41, 5.74) is 1.17. The first-order chi connectivity index (χ1) is 14.7. The highest BCUT2D eigenvalue weighted by Gasteiger charge is 2.28. The molecule has 1 aromatic heterocycles. The van der Waals surface area contributed by atoms with Crippen molar-refractivity contribution in [2.75, 3.05) is 25.0 Å². The largest absolute Gasteiger partial charge is 0.462 e. The van der Waals surface area contributed by atoms with Gasteiger partial charge >= 0.3 is 5.97 Å². The minimum atomic E-state index is -0.594. The molecule has 166 valence electrons. The molecule has 1 heterocycles. The molecule has 2 aromatic rings. The van der Waals surface area contributed by atoms with Crippen LogP contribution >= 0.6 is 34.5 Å². The van der Waals surface area contributed by atoms with Crippen molar-refractivity contribution in [2.45, 2.75) is 27.7 Å². The Morgan fingerprint density at radius 3 is 2.29 bits per heavy atom. The lowest BCUT2D eigenvalue weighted by Gasteiger charge is -2.18. The SMILES string of the molecule is CCOC(=O)c1c(NC(=O)C=Cc2c(Cl)cccc2Cl)sc(C(=O)N(CC)CC)c1C. The molecule has 0 bridgehead atoms. The molecule has 9 heteroatoms. The molecule has 0 spiro atoms. The quantitative estimate of drug-likeness (QED) is 0.388. The third-order valence-corrected chi connectivity index (χ3v) is 6.36. The van der Waals surface area contributed by atoms with Crippen molar-refractivity contribution in [1.82, 2.24) is 4.90 Å². The number of benzene rings is 1. The fourth-order valence-corrected chi connectivity index (χ4v) is 4.58. The second-order valence-electron chi connectivity index (χ2n) is 6.42. The van der Waals surface area contributed by atoms with E-state index in [1.807, 2.05) is 13.8 Å². The Bertz CT molecular complexity index is 993. The summed E-state index contributed by atoms with van der Waals surface area (Å²) in [7, 11) is 0. The van der Waals surface area contributed by atoms with Gasteiger partial charge in [0.15, 0.2) is 0 Å². The van der Waals surface area contributed by atoms with Gasteiger partial charge in [0.2, 0.25) is 5.91 Å². The first kappa shape index (κ1) is 24.9. The van der Waals surface area contributed by atoms with Crippen molar-refractivity contribution in [3.05, 3.63) is 55.9 Å². The molecule has 0 saturated carbocycles. The smallest absolute Gasteiger partial charge is 0.341 e. The Morgan fingerprint density at radius 1 is 1.13 bits per heavy atom. The molecule has 0 atom stereocenters. The highest BCUT2D eigenvalue weighted by molar-refractivity contribution is 7.18. The van der Waals surface area contributed by atoms with Gasteiger partial charge in [-0.25, -0.2) is 4.79 Å². The molecule has 1 N–H and O–H groups in total. The number of ether oxygens (including phenoxy) is 1. The molecule has 0 aliphatic carbocycles. The molecular formula is C22H24Cl2N2O4S. The van der Waals surface area contributed by atoms with E-state index < -0.39 is 11.9 Å². The molecule has 2 rings (SSSR count). The predicted molar refractivity (Wildman–Crippen MR) is 126 cm³/mol. The summed E-state index contributed by atoms with van der Waals surface area (Å²) in [6, 6.07) is 5.03. The van der Waals surface area contributed by atoms with Crippen LogP contribution in [0.2, 0.25) is 10.0 Å². The van der Waals surface area contributed by atoms with Crippen molar-refractivity contribution in [2.24, 2.45) is 0 Å². The molecule has 1 aromatic carbocycles. The van der Waals surface area contributed by atoms with Gasteiger partial charge in [-0.3, -0.25) is 9.59 Å². The summed E-state index contributed by atoms with van der Waals surface area (Å²) in [4.78, 5) is 40.0. The van der Waals surface area contributed by atoms with Crippen molar-refractivity contribution >= 4 is 63.4 Å². The zero-order chi connectivity index (χ0) is 23.1. The molecule has 0 aliphatic heterocycles. The molecule has 0 saturated heterocycles. The van der Waals surface area contributed by atoms with E-state index in [0.29, 0.717) is 39.1 Å². The van der Waals surface area contributed by atoms with E-state index >= 15 is 0 Å². The number of amides is 2. The number of nitrogens with zero attached hydrogens (tertiary/aromatic N) is 1. The normalized spacial score (nSPS) is 10.9. The van der Waals surface area contributed by atoms with Crippen molar-refractivity contribution < 1.29 is 19.1 Å². The van der Waals surface area contributed by atoms with E-state index in [4.69, 9.17) is 27.9 Å². The number of rotatable bonds is 8. The van der Waals surface area contributed by atoms with Crippen LogP contribution in [0.25, 0.3) is 6.08 Å². The number of anilines is 1. The standard InChI is InChI=1S/C22H24Cl2N2O4S/c1-5-26(6-2)21(28)19-13(4)18(22(29)30-7-3)20(31-19)25-17(27)12-11-14-15(23)9-8-10-16(14)24/h8-12H,5-7H2,1-4H3,(H,25,27). The second kappa shape index (κ2) is 11.3. The van der Waals surface area contributed by atoms with Crippen LogP contribution in [0.1, 0.15) is 51.9 Å². The Kier molecular flexibility index (Phi) is 9.10. The van der Waals surface area contributed by atoms with Crippen molar-refractivity contribution in [1.29, 1.82) is 0 Å². The van der Waals surface area contributed by atoms with Gasteiger partial charge in [0.1, 0.15) is 5.00 Å². The lowest BCUT2D eigenvalue weighted by atomic mass is 10.1. The number of carbonyl (C=O) groups is 3. The maximum absolute atomic E-state index is 12.9. The van der Waals surface area contributed by atoms with Crippen molar-refractivity contribution in [3.63, 3.8) is 0 Å². The van der Waals surface area contributed by atoms with E-state index in [9.17, 15) is 14.4 Å². The maximum Gasteiger partial charge on any atom is 0.341 e. The number of thiophene rings is 1. The monoisotopic (exact) mass is 482 g/mol. The van der Waals surface area contributed by atoms with Crippen molar-refractivity contribution in [3.8, 4) is 0 Å². The minimum absolute atomic E-state index is 0.172. The van der Waals surface area contributed by atoms with Gasteiger partial charge in [-0.05, 0) is 51.5 Å². The van der Waals surface area contributed by atoms with Crippen LogP contribution in [0.5, 0.6) is 0 Å². The van der Waals surface area contributed by atoms with Gasteiger partial charge in [-0.15, -0.1) is 11.3 Å². The van der Waals surface area contributed by atoms with E-state index in [1.165, 1.54) is 12.2 Å². The topological polar surface area (TPSA) is 75.7 Å². The summed E-state index contributed by atoms with van der Waals surface area (Å²) < 4.78 is 5.14. The van der Waals surface area contributed by atoms with Crippen LogP contribution in [-0.2, 0) is 9.53 Å². The van der Waals surface area contributed by atoms with Gasteiger partial charge in [0.05, 0.1) is 17.0 Å². The van der Waals surface area contributed by atoms with Gasteiger partial charge in [0, 0.05) is 34.8 Å². The number of esters is 1. The number of hydrogen-bond acceptors (Lipinski definition) is 5. The zero-order valence-electron chi connectivity index (χ0n) is 17.8. The summed E-state index contributed by atoms with van der Waals surface area (Å²) in [6.45, 7) is 8.36. The van der Waals surface area contributed by atoms with E-state index in [2.05, 4.69) is 5.32 Å². The summed E-state index contributed by atoms with van der Waals surface area (Å²) >= 11 is 13.3. The summed E-state index contributed by atoms with van der Waals surface area (Å²) in [5.74, 6) is -1.29. The zero-order valence-corrected chi connectivity index (χ0v) is 20.1. The average Bonchev–Trinajstić information content (AvgIpc) is 3.04. The van der Waals surface area contributed by atoms with Crippen LogP contribution in [-0.4, -0.2) is 42.4 Å². The molecular weight excluding hydrogens is 459 g/mol. The van der Waals surface area contributed by atoms with Crippen LogP contribution in [0.15, 0.2) is 24.3 Å². The molecule has 0 aliphatic rings. The molecule has 0 fully saturated rings. The van der Waals surface area contributed by atoms with E-state index in [1.54, 1.807) is 36.9 Å². The molecule has 2 amide bonds. The third kappa shape index (κ3) is 5.87. The van der Waals surface area contributed by atoms with E-state index in [0.717, 1.165) is 11.3 Å². The number of hydrogen-bond donors (Lipinski definition) is 1. The first-order valence-electron chi connectivity index (χ1n) is 9.77. The van der Waals surface area contributed by atoms with Gasteiger partial charge in [-0.1, -0.05) is 29.3 Å². The van der Waals surface area contributed by atoms with Crippen LogP contribution < -0.4 is 5.32 Å². The molecule has 0 unspecified atom stereocenters. The van der Waals surface area contributed by atoms with Crippen LogP contribution in [0.4, 0.5) is 5.00 Å². The van der Waals surface area contributed by atoms with Gasteiger partial charge < -0.3 is 15.0 Å². The van der Waals surface area contributed by atoms with E-state index in [-0.39, 0.29) is 23.1 Å². The lowest BCUT2D eigenvalue weighted by Crippen LogP contribution is -2.30. The fraction of sp³-hybridized carbons (Fsp3) is 0.318. The fourth-order valence-electron chi connectivity index (χ4n) is 2.89. The second-order valence-corrected chi connectivity index (χ2v) is 8.25. The highest BCUT2D eigenvalue weighted by atomic mass is 35.5. The Hall–Kier alpha value is -2.35. The summed E-state index contributed by atoms with van der Waals surface area (Å²) in [5, 5.41) is 3.75. The minimum Gasteiger partial charge on any atom is -0.462 e. The predicted octanol–water partition coefficient (Wildman–Crippen LogP) is 5.67. The summed E-state index contributed by atoms with van der Waals surface area (Å²) in [6.07, 6.45) is 2.76. The highest BCUT2D eigenvalue weighted by Crippen LogP contribution is 2.35. The number of halogens is 2. The lowest BCUT2D eigenvalue weighted by molar-refractivity contribution is -0.111. The molecule has 6 nitrogen and oxygen atoms in total. The van der Waals surface area contributed by atoms with Crippen LogP contribution in [0.3, 0.4) is 0 Å². The number of carbonyl (C=O) groups excluding carboxylic acids is 3. The molecule has 31 heavy (non-hydrogen) atoms. The van der Waals surface area contributed by atoms with Gasteiger partial charge in [0.25, 0.3) is 5.91 Å². The Labute approximate surface area is 195 Å². The van der Waals surface area contributed by atoms with Crippen LogP contribution in [0, 0.1) is 6.92 Å².